The van der Waals surface area contributed by atoms with E-state index in [1.54, 1.807) is 26.8 Å². The molecule has 208 valence electrons. The predicted molar refractivity (Wildman–Crippen MR) is 129 cm³/mol. The van der Waals surface area contributed by atoms with E-state index in [1.165, 1.54) is 19.5 Å². The maximum atomic E-state index is 14.3. The second kappa shape index (κ2) is 8.14. The number of aliphatic carboxylic acids is 1. The Bertz CT molecular complexity index is 1170. The first-order chi connectivity index (χ1) is 17.5. The van der Waals surface area contributed by atoms with Crippen LogP contribution in [0.15, 0.2) is 23.0 Å². The lowest BCUT2D eigenvalue weighted by Gasteiger charge is -2.66. The Morgan fingerprint density at radius 1 is 1.21 bits per heavy atom. The monoisotopic (exact) mass is 532 g/mol. The van der Waals surface area contributed by atoms with Crippen molar-refractivity contribution in [1.29, 1.82) is 0 Å². The van der Waals surface area contributed by atoms with Gasteiger partial charge in [0.05, 0.1) is 30.0 Å². The van der Waals surface area contributed by atoms with Gasteiger partial charge in [-0.2, -0.15) is 0 Å². The summed E-state index contributed by atoms with van der Waals surface area (Å²) in [5.74, 6) is -3.82. The van der Waals surface area contributed by atoms with Crippen LogP contribution in [0.3, 0.4) is 0 Å². The molecular formula is C28H36O10. The lowest BCUT2D eigenvalue weighted by molar-refractivity contribution is -0.240. The van der Waals surface area contributed by atoms with Gasteiger partial charge in [0.1, 0.15) is 23.6 Å². The lowest BCUT2D eigenvalue weighted by atomic mass is 9.37. The minimum Gasteiger partial charge on any atom is -0.481 e. The van der Waals surface area contributed by atoms with Gasteiger partial charge in [-0.15, -0.1) is 0 Å². The number of carboxylic acids is 1. The van der Waals surface area contributed by atoms with Crippen molar-refractivity contribution in [1.82, 2.24) is 0 Å². The molecule has 10 nitrogen and oxygen atoms in total. The van der Waals surface area contributed by atoms with E-state index >= 15 is 0 Å². The first-order valence-electron chi connectivity index (χ1n) is 13.1. The predicted octanol–water partition coefficient (Wildman–Crippen LogP) is 3.21. The van der Waals surface area contributed by atoms with Crippen molar-refractivity contribution in [3.8, 4) is 0 Å². The van der Waals surface area contributed by atoms with Gasteiger partial charge in [0.25, 0.3) is 0 Å². The first-order valence-corrected chi connectivity index (χ1v) is 13.1. The highest BCUT2D eigenvalue weighted by atomic mass is 16.7. The molecule has 4 aliphatic rings. The summed E-state index contributed by atoms with van der Waals surface area (Å²) in [5.41, 5.74) is -5.12. The Kier molecular flexibility index (Phi) is 5.76. The van der Waals surface area contributed by atoms with Gasteiger partial charge < -0.3 is 28.8 Å². The van der Waals surface area contributed by atoms with Crippen molar-refractivity contribution in [2.24, 2.45) is 28.1 Å². The zero-order chi connectivity index (χ0) is 28.1. The second-order valence-corrected chi connectivity index (χ2v) is 12.7. The van der Waals surface area contributed by atoms with Crippen LogP contribution < -0.4 is 0 Å². The Morgan fingerprint density at radius 2 is 1.89 bits per heavy atom. The molecule has 9 atom stereocenters. The van der Waals surface area contributed by atoms with Gasteiger partial charge in [0.15, 0.2) is 6.10 Å². The van der Waals surface area contributed by atoms with Crippen LogP contribution in [0.2, 0.25) is 0 Å². The van der Waals surface area contributed by atoms with E-state index < -0.39 is 81.9 Å². The highest BCUT2D eigenvalue weighted by Gasteiger charge is 2.88. The number of hydrogen-bond donors (Lipinski definition) is 2. The zero-order valence-electron chi connectivity index (χ0n) is 22.6. The van der Waals surface area contributed by atoms with Crippen LogP contribution in [-0.4, -0.2) is 57.3 Å². The summed E-state index contributed by atoms with van der Waals surface area (Å²) in [7, 11) is 0. The van der Waals surface area contributed by atoms with Crippen molar-refractivity contribution in [3.63, 3.8) is 0 Å². The Balaban J connectivity index is 1.70. The molecule has 38 heavy (non-hydrogen) atoms. The molecule has 1 aromatic heterocycles. The average molecular weight is 533 g/mol. The molecule has 4 fully saturated rings. The number of carboxylic acid groups (broad SMARTS) is 1. The molecule has 2 N–H and O–H groups in total. The van der Waals surface area contributed by atoms with Crippen LogP contribution in [0.25, 0.3) is 0 Å². The molecule has 3 heterocycles. The number of furan rings is 1. The van der Waals surface area contributed by atoms with E-state index in [0.29, 0.717) is 18.4 Å². The minimum absolute atomic E-state index is 0.0935. The number of aliphatic hydroxyl groups is 1. The number of fused-ring (bicyclic) bond motifs is 1. The number of cyclic esters (lactones) is 1. The van der Waals surface area contributed by atoms with Gasteiger partial charge in [0.2, 0.25) is 0 Å². The Hall–Kier alpha value is -2.72. The van der Waals surface area contributed by atoms with E-state index in [-0.39, 0.29) is 12.2 Å². The zero-order valence-corrected chi connectivity index (χ0v) is 22.6. The number of ketones is 1. The van der Waals surface area contributed by atoms with Crippen molar-refractivity contribution in [2.75, 3.05) is 0 Å². The molecule has 1 spiro atoms. The molecule has 2 aliphatic carbocycles. The maximum absolute atomic E-state index is 14.3. The third-order valence-electron chi connectivity index (χ3n) is 10.4. The quantitative estimate of drug-likeness (QED) is 0.412. The summed E-state index contributed by atoms with van der Waals surface area (Å²) >= 11 is 0. The molecule has 0 unspecified atom stereocenters. The van der Waals surface area contributed by atoms with Gasteiger partial charge >= 0.3 is 17.9 Å². The van der Waals surface area contributed by atoms with Crippen LogP contribution in [0, 0.1) is 28.1 Å². The van der Waals surface area contributed by atoms with E-state index in [9.17, 15) is 29.4 Å². The average Bonchev–Trinajstić information content (AvgIpc) is 3.37. The van der Waals surface area contributed by atoms with E-state index in [4.69, 9.17) is 18.6 Å². The highest BCUT2D eigenvalue weighted by molar-refractivity contribution is 5.93. The number of epoxide rings is 1. The van der Waals surface area contributed by atoms with E-state index in [2.05, 4.69) is 0 Å². The Morgan fingerprint density at radius 3 is 2.45 bits per heavy atom. The number of carbonyl (C=O) groups is 4. The normalized spacial score (nSPS) is 42.7. The molecule has 1 aromatic rings. The third-order valence-corrected chi connectivity index (χ3v) is 10.4. The molecule has 2 saturated heterocycles. The molecule has 0 bridgehead atoms. The number of rotatable bonds is 6. The summed E-state index contributed by atoms with van der Waals surface area (Å²) in [4.78, 5) is 51.7. The number of carbonyl (C=O) groups excluding carboxylic acids is 3. The fourth-order valence-electron chi connectivity index (χ4n) is 8.86. The molecular weight excluding hydrogens is 496 g/mol. The molecule has 0 radical (unpaired) electrons. The summed E-state index contributed by atoms with van der Waals surface area (Å²) in [6, 6.07) is 1.73. The van der Waals surface area contributed by atoms with Crippen molar-refractivity contribution in [3.05, 3.63) is 24.2 Å². The van der Waals surface area contributed by atoms with Crippen LogP contribution in [0.4, 0.5) is 0 Å². The van der Waals surface area contributed by atoms with Crippen LogP contribution in [0.1, 0.15) is 78.9 Å². The molecule has 0 amide bonds. The fraction of sp³-hybridized carbons (Fsp3) is 0.714. The lowest BCUT2D eigenvalue weighted by Crippen LogP contribution is -2.73. The number of Topliss-reactive ketones (excluding diaryl/α,β-unsaturated/α-hetero) is 1. The van der Waals surface area contributed by atoms with E-state index in [1.807, 2.05) is 13.8 Å². The molecule has 10 heteroatoms. The smallest absolute Gasteiger partial charge is 0.339 e. The van der Waals surface area contributed by atoms with Crippen molar-refractivity contribution >= 4 is 23.7 Å². The van der Waals surface area contributed by atoms with Gasteiger partial charge in [-0.05, 0) is 45.6 Å². The summed E-state index contributed by atoms with van der Waals surface area (Å²) in [5, 5.41) is 21.1. The van der Waals surface area contributed by atoms with E-state index in [0.717, 1.165) is 0 Å². The van der Waals surface area contributed by atoms with Crippen molar-refractivity contribution in [2.45, 2.75) is 96.7 Å². The van der Waals surface area contributed by atoms with Crippen LogP contribution in [0.5, 0.6) is 0 Å². The molecule has 5 rings (SSSR count). The number of hydrogen-bond acceptors (Lipinski definition) is 9. The van der Waals surface area contributed by atoms with Gasteiger partial charge in [-0.3, -0.25) is 14.4 Å². The second-order valence-electron chi connectivity index (χ2n) is 12.7. The van der Waals surface area contributed by atoms with Crippen molar-refractivity contribution < 1.29 is 48.0 Å². The summed E-state index contributed by atoms with van der Waals surface area (Å²) < 4.78 is 23.1. The Labute approximate surface area is 221 Å². The number of ether oxygens (including phenoxy) is 3. The molecule has 0 aromatic carbocycles. The standard InChI is InChI=1S/C28H36O10/c1-14(29)36-19(12-20(31)32)26(5)16-7-9-25(4)21(15-8-10-35-13-15)37-23(33)22-28(25,38-22)27(16,6)18(30)11-17(26)24(2,3)34/h8,10,13,16-17,19,21-22,34H,7,9,11-12H2,1-6H3,(H,31,32)/t16-,17+,19-,21+,22-,25+,26-,27+,28-/m1/s1. The highest BCUT2D eigenvalue weighted by Crippen LogP contribution is 2.78. The summed E-state index contributed by atoms with van der Waals surface area (Å²) in [6.45, 7) is 9.97. The fourth-order valence-corrected chi connectivity index (χ4v) is 8.86. The molecule has 2 aliphatic heterocycles. The van der Waals surface area contributed by atoms with Gasteiger partial charge in [-0.25, -0.2) is 4.79 Å². The molecule has 2 saturated carbocycles. The maximum Gasteiger partial charge on any atom is 0.339 e. The van der Waals surface area contributed by atoms with Crippen LogP contribution in [-0.2, 0) is 33.4 Å². The minimum atomic E-state index is -1.39. The first kappa shape index (κ1) is 26.9. The third kappa shape index (κ3) is 3.25. The van der Waals surface area contributed by atoms with Crippen LogP contribution >= 0.6 is 0 Å². The summed E-state index contributed by atoms with van der Waals surface area (Å²) in [6.07, 6.45) is 0.567. The largest absolute Gasteiger partial charge is 0.481 e. The van der Waals surface area contributed by atoms with Gasteiger partial charge in [0, 0.05) is 35.7 Å². The number of esters is 2. The topological polar surface area (TPSA) is 153 Å². The SMILES string of the molecule is CC(=O)O[C@H](CC(=O)O)[C@]1(C)[C@H]2CC[C@@]3(C)[C@H](c4ccoc4)OC(=O)[C@H]4O[C@]43[C@]2(C)C(=O)C[C@H]1C(C)(C)O. The van der Waals surface area contributed by atoms with Gasteiger partial charge in [-0.1, -0.05) is 13.8 Å².